The van der Waals surface area contributed by atoms with Crippen LogP contribution in [-0.2, 0) is 9.53 Å². The van der Waals surface area contributed by atoms with E-state index in [2.05, 4.69) is 10.5 Å². The molecular weight excluding hydrogens is 280 g/mol. The molecule has 0 aromatic heterocycles. The molecule has 1 unspecified atom stereocenters. The van der Waals surface area contributed by atoms with Gasteiger partial charge in [-0.15, -0.1) is 0 Å². The summed E-state index contributed by atoms with van der Waals surface area (Å²) in [6.45, 7) is 5.38. The minimum Gasteiger partial charge on any atom is -0.465 e. The average molecular weight is 297 g/mol. The molecule has 0 spiro atoms. The molecule has 0 fully saturated rings. The lowest BCUT2D eigenvalue weighted by Gasteiger charge is -2.10. The molecule has 0 bridgehead atoms. The smallest absolute Gasteiger partial charge is 0.314 e. The largest absolute Gasteiger partial charge is 0.465 e. The Morgan fingerprint density at radius 2 is 1.95 bits per heavy atom. The number of ether oxygens (including phenoxy) is 1. The highest BCUT2D eigenvalue weighted by atomic mass is 35.5. The highest BCUT2D eigenvalue weighted by Gasteiger charge is 2.17. The Hall–Kier alpha value is -1.88. The maximum Gasteiger partial charge on any atom is 0.314 e. The molecule has 1 aromatic rings. The maximum atomic E-state index is 11.8. The number of hydrazone groups is 1. The van der Waals surface area contributed by atoms with Crippen LogP contribution in [0.15, 0.2) is 29.4 Å². The van der Waals surface area contributed by atoms with Crippen LogP contribution >= 0.6 is 11.6 Å². The molecule has 0 saturated heterocycles. The molecule has 0 radical (unpaired) electrons. The van der Waals surface area contributed by atoms with Gasteiger partial charge in [0.25, 0.3) is 5.91 Å². The zero-order valence-electron chi connectivity index (χ0n) is 11.6. The van der Waals surface area contributed by atoms with Crippen molar-refractivity contribution in [3.8, 4) is 0 Å². The van der Waals surface area contributed by atoms with E-state index in [1.54, 1.807) is 45.0 Å². The van der Waals surface area contributed by atoms with Gasteiger partial charge in [0.15, 0.2) is 0 Å². The molecule has 1 aromatic carbocycles. The number of carbonyl (C=O) groups excluding carboxylic acids is 2. The molecule has 0 aliphatic carbocycles. The van der Waals surface area contributed by atoms with Gasteiger partial charge in [-0.1, -0.05) is 11.6 Å². The van der Waals surface area contributed by atoms with Gasteiger partial charge in [-0.05, 0) is 45.0 Å². The molecule has 1 amide bonds. The predicted molar refractivity (Wildman–Crippen MR) is 77.8 cm³/mol. The van der Waals surface area contributed by atoms with Crippen molar-refractivity contribution in [2.24, 2.45) is 11.0 Å². The first-order chi connectivity index (χ1) is 9.45. The van der Waals surface area contributed by atoms with Crippen molar-refractivity contribution in [2.75, 3.05) is 6.61 Å². The number of hydrogen-bond acceptors (Lipinski definition) is 4. The number of hydrogen-bond donors (Lipinski definition) is 1. The van der Waals surface area contributed by atoms with E-state index in [0.717, 1.165) is 0 Å². The van der Waals surface area contributed by atoms with Gasteiger partial charge >= 0.3 is 5.97 Å². The Kier molecular flexibility index (Phi) is 6.18. The van der Waals surface area contributed by atoms with E-state index < -0.39 is 5.92 Å². The number of rotatable bonds is 5. The molecule has 1 N–H and O–H groups in total. The van der Waals surface area contributed by atoms with E-state index >= 15 is 0 Å². The molecule has 0 saturated carbocycles. The predicted octanol–water partition coefficient (Wildman–Crippen LogP) is 2.64. The van der Waals surface area contributed by atoms with Gasteiger partial charge in [-0.25, -0.2) is 5.43 Å². The molecule has 6 heteroatoms. The van der Waals surface area contributed by atoms with Crippen molar-refractivity contribution in [2.45, 2.75) is 20.8 Å². The lowest BCUT2D eigenvalue weighted by Crippen LogP contribution is -2.25. The molecule has 108 valence electrons. The molecule has 20 heavy (non-hydrogen) atoms. The first-order valence-corrected chi connectivity index (χ1v) is 6.60. The highest BCUT2D eigenvalue weighted by Crippen LogP contribution is 2.09. The van der Waals surface area contributed by atoms with Crippen molar-refractivity contribution >= 4 is 29.2 Å². The quantitative estimate of drug-likeness (QED) is 0.516. The van der Waals surface area contributed by atoms with Crippen molar-refractivity contribution in [1.29, 1.82) is 0 Å². The second kappa shape index (κ2) is 7.65. The molecule has 1 atom stereocenters. The number of carbonyl (C=O) groups is 2. The summed E-state index contributed by atoms with van der Waals surface area (Å²) in [5, 5.41) is 4.46. The van der Waals surface area contributed by atoms with Crippen molar-refractivity contribution in [1.82, 2.24) is 5.43 Å². The Morgan fingerprint density at radius 1 is 1.35 bits per heavy atom. The van der Waals surface area contributed by atoms with Crippen LogP contribution in [0.5, 0.6) is 0 Å². The fourth-order valence-corrected chi connectivity index (χ4v) is 1.47. The summed E-state index contributed by atoms with van der Waals surface area (Å²) < 4.78 is 4.88. The Morgan fingerprint density at radius 3 is 2.50 bits per heavy atom. The topological polar surface area (TPSA) is 67.8 Å². The van der Waals surface area contributed by atoms with Crippen LogP contribution in [0.4, 0.5) is 0 Å². The first kappa shape index (κ1) is 16.2. The molecule has 0 aliphatic heterocycles. The summed E-state index contributed by atoms with van der Waals surface area (Å²) in [6, 6.07) is 6.43. The number of nitrogens with zero attached hydrogens (tertiary/aromatic N) is 1. The summed E-state index contributed by atoms with van der Waals surface area (Å²) in [4.78, 5) is 23.3. The van der Waals surface area contributed by atoms with E-state index in [-0.39, 0.29) is 11.9 Å². The standard InChI is InChI=1S/C14H17ClN2O3/c1-4-20-14(19)9(2)10(3)16-17-13(18)11-5-7-12(15)8-6-11/h5-9H,4H2,1-3H3,(H,17,18)/b16-10-. The Balaban J connectivity index is 2.64. The van der Waals surface area contributed by atoms with Gasteiger partial charge in [0.2, 0.25) is 0 Å². The van der Waals surface area contributed by atoms with E-state index in [9.17, 15) is 9.59 Å². The van der Waals surface area contributed by atoms with Gasteiger partial charge < -0.3 is 4.74 Å². The lowest BCUT2D eigenvalue weighted by atomic mass is 10.1. The van der Waals surface area contributed by atoms with E-state index in [1.165, 1.54) is 0 Å². The Bertz CT molecular complexity index is 512. The highest BCUT2D eigenvalue weighted by molar-refractivity contribution is 6.30. The number of benzene rings is 1. The van der Waals surface area contributed by atoms with Gasteiger partial charge in [0, 0.05) is 16.3 Å². The van der Waals surface area contributed by atoms with E-state index in [4.69, 9.17) is 16.3 Å². The SMILES string of the molecule is CCOC(=O)C(C)/C(C)=N\NC(=O)c1ccc(Cl)cc1. The fourth-order valence-electron chi connectivity index (χ4n) is 1.34. The normalized spacial score (nSPS) is 12.7. The van der Waals surface area contributed by atoms with Crippen molar-refractivity contribution in [3.05, 3.63) is 34.9 Å². The van der Waals surface area contributed by atoms with Crippen molar-refractivity contribution < 1.29 is 14.3 Å². The molecule has 1 rings (SSSR count). The molecule has 0 heterocycles. The van der Waals surface area contributed by atoms with Crippen LogP contribution < -0.4 is 5.43 Å². The van der Waals surface area contributed by atoms with Gasteiger partial charge in [-0.2, -0.15) is 5.10 Å². The number of halogens is 1. The monoisotopic (exact) mass is 296 g/mol. The second-order valence-electron chi connectivity index (χ2n) is 4.17. The summed E-state index contributed by atoms with van der Waals surface area (Å²) in [5.74, 6) is -1.23. The van der Waals surface area contributed by atoms with Crippen LogP contribution in [0.2, 0.25) is 5.02 Å². The average Bonchev–Trinajstić information content (AvgIpc) is 2.44. The summed E-state index contributed by atoms with van der Waals surface area (Å²) in [7, 11) is 0. The third-order valence-corrected chi connectivity index (χ3v) is 2.96. The summed E-state index contributed by atoms with van der Waals surface area (Å²) in [5.41, 5.74) is 3.31. The Labute approximate surface area is 123 Å². The third-order valence-electron chi connectivity index (χ3n) is 2.71. The number of esters is 1. The van der Waals surface area contributed by atoms with Crippen LogP contribution in [0, 0.1) is 5.92 Å². The lowest BCUT2D eigenvalue weighted by molar-refractivity contribution is -0.145. The maximum absolute atomic E-state index is 11.8. The molecule has 0 aliphatic rings. The molecule has 5 nitrogen and oxygen atoms in total. The van der Waals surface area contributed by atoms with E-state index in [0.29, 0.717) is 22.9 Å². The molecular formula is C14H17ClN2O3. The van der Waals surface area contributed by atoms with E-state index in [1.807, 2.05) is 0 Å². The van der Waals surface area contributed by atoms with Crippen LogP contribution in [0.25, 0.3) is 0 Å². The summed E-state index contributed by atoms with van der Waals surface area (Å²) in [6.07, 6.45) is 0. The number of amides is 1. The minimum atomic E-state index is -0.500. The first-order valence-electron chi connectivity index (χ1n) is 6.22. The fraction of sp³-hybridized carbons (Fsp3) is 0.357. The minimum absolute atomic E-state index is 0.313. The van der Waals surface area contributed by atoms with Crippen molar-refractivity contribution in [3.63, 3.8) is 0 Å². The van der Waals surface area contributed by atoms with Gasteiger partial charge in [-0.3, -0.25) is 9.59 Å². The van der Waals surface area contributed by atoms with Crippen LogP contribution in [0.1, 0.15) is 31.1 Å². The van der Waals surface area contributed by atoms with Crippen LogP contribution in [-0.4, -0.2) is 24.2 Å². The zero-order valence-corrected chi connectivity index (χ0v) is 12.4. The third kappa shape index (κ3) is 4.66. The van der Waals surface area contributed by atoms with Gasteiger partial charge in [0.05, 0.1) is 12.5 Å². The summed E-state index contributed by atoms with van der Waals surface area (Å²) >= 11 is 5.74. The second-order valence-corrected chi connectivity index (χ2v) is 4.61. The van der Waals surface area contributed by atoms with Crippen LogP contribution in [0.3, 0.4) is 0 Å². The number of nitrogens with one attached hydrogen (secondary N) is 1. The zero-order chi connectivity index (χ0) is 15.1. The van der Waals surface area contributed by atoms with Gasteiger partial charge in [0.1, 0.15) is 0 Å².